The number of benzene rings is 1. The Labute approximate surface area is 129 Å². The van der Waals surface area contributed by atoms with E-state index in [-0.39, 0.29) is 11.1 Å². The van der Waals surface area contributed by atoms with Crippen molar-refractivity contribution >= 4 is 10.9 Å². The molecule has 114 valence electrons. The summed E-state index contributed by atoms with van der Waals surface area (Å²) in [5.41, 5.74) is 2.14. The summed E-state index contributed by atoms with van der Waals surface area (Å²) in [7, 11) is 0. The minimum Gasteiger partial charge on any atom is -0.265 e. The Balaban J connectivity index is 2.21. The number of aryl methyl sites for hydroxylation is 1. The molecule has 0 aliphatic rings. The molecule has 0 aliphatic heterocycles. The molecule has 0 unspecified atom stereocenters. The van der Waals surface area contributed by atoms with Crippen molar-refractivity contribution in [3.8, 4) is 0 Å². The van der Waals surface area contributed by atoms with Crippen LogP contribution >= 0.6 is 0 Å². The Bertz CT molecular complexity index is 869. The molecule has 0 fully saturated rings. The topological polar surface area (TPSA) is 52.7 Å². The molecule has 2 heterocycles. The third-order valence-electron chi connectivity index (χ3n) is 3.68. The van der Waals surface area contributed by atoms with Crippen LogP contribution in [0, 0.1) is 6.92 Å². The van der Waals surface area contributed by atoms with Crippen LogP contribution in [0.2, 0.25) is 0 Å². The van der Waals surface area contributed by atoms with Gasteiger partial charge >= 0.3 is 0 Å². The number of hydrogen-bond donors (Lipinski definition) is 0. The summed E-state index contributed by atoms with van der Waals surface area (Å²) in [6, 6.07) is 9.88. The largest absolute Gasteiger partial charge is 0.293 e. The third kappa shape index (κ3) is 2.43. The smallest absolute Gasteiger partial charge is 0.265 e. The van der Waals surface area contributed by atoms with Gasteiger partial charge in [0.1, 0.15) is 5.52 Å². The van der Waals surface area contributed by atoms with Gasteiger partial charge in [0.2, 0.25) is 0 Å². The highest BCUT2D eigenvalue weighted by molar-refractivity contribution is 5.79. The van der Waals surface area contributed by atoms with Crippen molar-refractivity contribution in [2.75, 3.05) is 0 Å². The Morgan fingerprint density at radius 1 is 1.14 bits per heavy atom. The normalized spacial score (nSPS) is 12.0. The van der Waals surface area contributed by atoms with Gasteiger partial charge in [-0.3, -0.25) is 9.48 Å². The number of hydrogen-bond acceptors (Lipinski definition) is 3. The molecule has 0 amide bonds. The molecule has 0 aliphatic carbocycles. The van der Waals surface area contributed by atoms with Crippen molar-refractivity contribution < 1.29 is 0 Å². The van der Waals surface area contributed by atoms with Crippen molar-refractivity contribution in [1.29, 1.82) is 0 Å². The van der Waals surface area contributed by atoms with Gasteiger partial charge in [-0.05, 0) is 33.3 Å². The van der Waals surface area contributed by atoms with E-state index in [2.05, 4.69) is 10.2 Å². The summed E-state index contributed by atoms with van der Waals surface area (Å²) >= 11 is 0. The maximum absolute atomic E-state index is 12.9. The van der Waals surface area contributed by atoms with E-state index in [1.165, 1.54) is 4.68 Å². The average Bonchev–Trinajstić information content (AvgIpc) is 2.91. The van der Waals surface area contributed by atoms with E-state index >= 15 is 0 Å². The molecule has 0 saturated carbocycles. The van der Waals surface area contributed by atoms with Gasteiger partial charge in [0, 0.05) is 5.39 Å². The van der Waals surface area contributed by atoms with E-state index in [9.17, 15) is 4.79 Å². The number of rotatable bonds is 2. The summed E-state index contributed by atoms with van der Waals surface area (Å²) in [6.07, 6.45) is 1.73. The molecule has 5 nitrogen and oxygen atoms in total. The molecule has 0 N–H and O–H groups in total. The lowest BCUT2D eigenvalue weighted by atomic mass is 10.1. The first-order valence-electron chi connectivity index (χ1n) is 7.38. The fourth-order valence-electron chi connectivity index (χ4n) is 2.59. The van der Waals surface area contributed by atoms with Gasteiger partial charge in [-0.2, -0.15) is 10.2 Å². The summed E-state index contributed by atoms with van der Waals surface area (Å²) in [5.74, 6) is 0. The van der Waals surface area contributed by atoms with Gasteiger partial charge in [-0.15, -0.1) is 0 Å². The predicted molar refractivity (Wildman–Crippen MR) is 87.1 cm³/mol. The van der Waals surface area contributed by atoms with Gasteiger partial charge in [-0.25, -0.2) is 4.68 Å². The molecule has 2 aromatic heterocycles. The van der Waals surface area contributed by atoms with E-state index < -0.39 is 0 Å². The number of aromatic nitrogens is 4. The van der Waals surface area contributed by atoms with Crippen LogP contribution in [0.5, 0.6) is 0 Å². The predicted octanol–water partition coefficient (Wildman–Crippen LogP) is 2.70. The van der Waals surface area contributed by atoms with Crippen molar-refractivity contribution in [2.45, 2.75) is 39.8 Å². The highest BCUT2D eigenvalue weighted by Crippen LogP contribution is 2.20. The van der Waals surface area contributed by atoms with Crippen LogP contribution < -0.4 is 5.56 Å². The van der Waals surface area contributed by atoms with Gasteiger partial charge in [-0.1, -0.05) is 30.3 Å². The number of nitrogens with zero attached hydrogens (tertiary/aromatic N) is 4. The zero-order valence-electron chi connectivity index (χ0n) is 13.4. The Morgan fingerprint density at radius 2 is 1.82 bits per heavy atom. The fraction of sp³-hybridized carbons (Fsp3) is 0.353. The van der Waals surface area contributed by atoms with Crippen LogP contribution in [0.4, 0.5) is 0 Å². The fourth-order valence-corrected chi connectivity index (χ4v) is 2.59. The molecule has 3 aromatic rings. The van der Waals surface area contributed by atoms with Crippen LogP contribution in [0.15, 0.2) is 41.3 Å². The second-order valence-corrected chi connectivity index (χ2v) is 6.52. The van der Waals surface area contributed by atoms with Gasteiger partial charge < -0.3 is 0 Å². The monoisotopic (exact) mass is 296 g/mol. The van der Waals surface area contributed by atoms with E-state index in [1.54, 1.807) is 10.9 Å². The first-order chi connectivity index (χ1) is 10.4. The lowest BCUT2D eigenvalue weighted by Crippen LogP contribution is -2.30. The maximum atomic E-state index is 12.9. The molecular formula is C17H20N4O. The molecule has 0 bridgehead atoms. The Kier molecular flexibility index (Phi) is 3.35. The molecule has 5 heteroatoms. The molecular weight excluding hydrogens is 276 g/mol. The molecule has 0 atom stereocenters. The van der Waals surface area contributed by atoms with Crippen LogP contribution in [-0.2, 0) is 12.1 Å². The lowest BCUT2D eigenvalue weighted by Gasteiger charge is -2.20. The van der Waals surface area contributed by atoms with Crippen LogP contribution in [0.3, 0.4) is 0 Å². The first kappa shape index (κ1) is 14.5. The minimum atomic E-state index is -0.251. The first-order valence-corrected chi connectivity index (χ1v) is 7.38. The van der Waals surface area contributed by atoms with Crippen molar-refractivity contribution in [3.05, 3.63) is 58.1 Å². The molecule has 0 spiro atoms. The van der Waals surface area contributed by atoms with Crippen molar-refractivity contribution in [3.63, 3.8) is 0 Å². The minimum absolute atomic E-state index is 0.100. The zero-order valence-corrected chi connectivity index (χ0v) is 13.4. The molecule has 0 saturated heterocycles. The quantitative estimate of drug-likeness (QED) is 0.730. The third-order valence-corrected chi connectivity index (χ3v) is 3.68. The Morgan fingerprint density at radius 3 is 2.45 bits per heavy atom. The SMILES string of the molecule is Cc1nn(Cc2ccccc2)c(=O)c2c1cnn2C(C)(C)C. The lowest BCUT2D eigenvalue weighted by molar-refractivity contribution is 0.366. The summed E-state index contributed by atoms with van der Waals surface area (Å²) in [5, 5.41) is 9.67. The Hall–Kier alpha value is -2.43. The standard InChI is InChI=1S/C17H20N4O/c1-12-14-10-18-21(17(2,3)4)15(14)16(22)20(19-12)11-13-8-6-5-7-9-13/h5-10H,11H2,1-4H3. The molecule has 22 heavy (non-hydrogen) atoms. The summed E-state index contributed by atoms with van der Waals surface area (Å²) in [4.78, 5) is 12.9. The van der Waals surface area contributed by atoms with Gasteiger partial charge in [0.05, 0.1) is 24.0 Å². The summed E-state index contributed by atoms with van der Waals surface area (Å²) in [6.45, 7) is 8.49. The van der Waals surface area contributed by atoms with E-state index in [0.717, 1.165) is 16.6 Å². The second-order valence-electron chi connectivity index (χ2n) is 6.52. The van der Waals surface area contributed by atoms with E-state index in [4.69, 9.17) is 0 Å². The molecule has 1 aromatic carbocycles. The number of fused-ring (bicyclic) bond motifs is 1. The zero-order chi connectivity index (χ0) is 15.9. The summed E-state index contributed by atoms with van der Waals surface area (Å²) < 4.78 is 3.32. The van der Waals surface area contributed by atoms with Crippen LogP contribution in [-0.4, -0.2) is 19.6 Å². The van der Waals surface area contributed by atoms with Crippen LogP contribution in [0.25, 0.3) is 10.9 Å². The molecule has 3 rings (SSSR count). The van der Waals surface area contributed by atoms with Crippen LogP contribution in [0.1, 0.15) is 32.0 Å². The van der Waals surface area contributed by atoms with Gasteiger partial charge in [0.25, 0.3) is 5.56 Å². The van der Waals surface area contributed by atoms with Gasteiger partial charge in [0.15, 0.2) is 0 Å². The van der Waals surface area contributed by atoms with Crippen molar-refractivity contribution in [1.82, 2.24) is 19.6 Å². The van der Waals surface area contributed by atoms with E-state index in [1.807, 2.05) is 58.0 Å². The highest BCUT2D eigenvalue weighted by Gasteiger charge is 2.21. The van der Waals surface area contributed by atoms with Crippen molar-refractivity contribution in [2.24, 2.45) is 0 Å². The van der Waals surface area contributed by atoms with E-state index in [0.29, 0.717) is 12.1 Å². The average molecular weight is 296 g/mol. The second kappa shape index (κ2) is 5.09. The maximum Gasteiger partial charge on any atom is 0.293 e. The molecule has 0 radical (unpaired) electrons. The highest BCUT2D eigenvalue weighted by atomic mass is 16.1.